The standard InChI is InChI=1S/C27H25F3N2/c28-27(29,30)24-14-12-21(13-15-24)9-6-17-32(20-22-7-2-1-3-8-22)18-16-23-19-31-26-11-5-4-10-25(23)26/h1-15,19,31H,16-18,20H2. The van der Waals surface area contributed by atoms with E-state index in [1.807, 2.05) is 42.5 Å². The summed E-state index contributed by atoms with van der Waals surface area (Å²) in [6, 6.07) is 23.8. The topological polar surface area (TPSA) is 19.0 Å². The highest BCUT2D eigenvalue weighted by Gasteiger charge is 2.29. The summed E-state index contributed by atoms with van der Waals surface area (Å²) in [7, 11) is 0. The Morgan fingerprint density at radius 3 is 2.31 bits per heavy atom. The van der Waals surface area contributed by atoms with E-state index < -0.39 is 11.7 Å². The molecule has 164 valence electrons. The van der Waals surface area contributed by atoms with Gasteiger partial charge < -0.3 is 4.98 Å². The van der Waals surface area contributed by atoms with Crippen LogP contribution in [-0.4, -0.2) is 23.0 Å². The van der Waals surface area contributed by atoms with Gasteiger partial charge in [0, 0.05) is 36.7 Å². The van der Waals surface area contributed by atoms with Crippen molar-refractivity contribution in [1.82, 2.24) is 9.88 Å². The van der Waals surface area contributed by atoms with Crippen LogP contribution in [-0.2, 0) is 19.1 Å². The summed E-state index contributed by atoms with van der Waals surface area (Å²) in [6.45, 7) is 2.38. The van der Waals surface area contributed by atoms with E-state index in [-0.39, 0.29) is 0 Å². The number of alkyl halides is 3. The Morgan fingerprint density at radius 2 is 1.56 bits per heavy atom. The van der Waals surface area contributed by atoms with Crippen molar-refractivity contribution in [2.24, 2.45) is 0 Å². The predicted octanol–water partition coefficient (Wildman–Crippen LogP) is 6.94. The lowest BCUT2D eigenvalue weighted by atomic mass is 10.1. The fourth-order valence-corrected chi connectivity index (χ4v) is 3.81. The van der Waals surface area contributed by atoms with Gasteiger partial charge >= 0.3 is 6.18 Å². The van der Waals surface area contributed by atoms with Gasteiger partial charge in [0.1, 0.15) is 0 Å². The third-order valence-electron chi connectivity index (χ3n) is 5.53. The van der Waals surface area contributed by atoms with Crippen molar-refractivity contribution >= 4 is 17.0 Å². The number of benzene rings is 3. The van der Waals surface area contributed by atoms with Crippen molar-refractivity contribution in [3.8, 4) is 0 Å². The van der Waals surface area contributed by atoms with Gasteiger partial charge in [0.15, 0.2) is 0 Å². The normalized spacial score (nSPS) is 12.2. The lowest BCUT2D eigenvalue weighted by Crippen LogP contribution is -2.25. The van der Waals surface area contributed by atoms with E-state index in [9.17, 15) is 13.2 Å². The molecule has 0 fully saturated rings. The Balaban J connectivity index is 1.43. The van der Waals surface area contributed by atoms with Gasteiger partial charge in [0.05, 0.1) is 5.56 Å². The highest BCUT2D eigenvalue weighted by Crippen LogP contribution is 2.29. The minimum Gasteiger partial charge on any atom is -0.361 e. The fraction of sp³-hybridized carbons (Fsp3) is 0.185. The first-order valence-corrected chi connectivity index (χ1v) is 10.6. The van der Waals surface area contributed by atoms with Crippen LogP contribution >= 0.6 is 0 Å². The number of aromatic nitrogens is 1. The summed E-state index contributed by atoms with van der Waals surface area (Å²) >= 11 is 0. The molecule has 1 aromatic heterocycles. The zero-order valence-electron chi connectivity index (χ0n) is 17.6. The van der Waals surface area contributed by atoms with Crippen molar-refractivity contribution in [3.63, 3.8) is 0 Å². The second kappa shape index (κ2) is 9.88. The Kier molecular flexibility index (Phi) is 6.76. The van der Waals surface area contributed by atoms with Crippen LogP contribution in [0.15, 0.2) is 91.1 Å². The second-order valence-electron chi connectivity index (χ2n) is 7.85. The van der Waals surface area contributed by atoms with Gasteiger partial charge in [-0.1, -0.05) is 72.8 Å². The van der Waals surface area contributed by atoms with Crippen molar-refractivity contribution in [2.75, 3.05) is 13.1 Å². The number of rotatable bonds is 8. The number of fused-ring (bicyclic) bond motifs is 1. The number of H-pyrrole nitrogens is 1. The number of nitrogens with zero attached hydrogens (tertiary/aromatic N) is 1. The summed E-state index contributed by atoms with van der Waals surface area (Å²) < 4.78 is 38.3. The molecule has 0 spiro atoms. The van der Waals surface area contributed by atoms with Gasteiger partial charge in [0.2, 0.25) is 0 Å². The summed E-state index contributed by atoms with van der Waals surface area (Å²) in [5.74, 6) is 0. The maximum atomic E-state index is 12.8. The molecule has 32 heavy (non-hydrogen) atoms. The molecule has 0 aliphatic rings. The number of nitrogens with one attached hydrogen (secondary N) is 1. The average Bonchev–Trinajstić information content (AvgIpc) is 3.21. The lowest BCUT2D eigenvalue weighted by Gasteiger charge is -2.21. The number of para-hydroxylation sites is 1. The van der Waals surface area contributed by atoms with Crippen LogP contribution in [0.25, 0.3) is 17.0 Å². The van der Waals surface area contributed by atoms with Crippen molar-refractivity contribution < 1.29 is 13.2 Å². The molecule has 0 aliphatic heterocycles. The molecule has 0 aliphatic carbocycles. The van der Waals surface area contributed by atoms with Gasteiger partial charge in [-0.2, -0.15) is 13.2 Å². The Morgan fingerprint density at radius 1 is 0.844 bits per heavy atom. The molecule has 0 amide bonds. The van der Waals surface area contributed by atoms with Crippen molar-refractivity contribution in [2.45, 2.75) is 19.1 Å². The minimum atomic E-state index is -4.31. The van der Waals surface area contributed by atoms with Crippen LogP contribution in [0.5, 0.6) is 0 Å². The van der Waals surface area contributed by atoms with Gasteiger partial charge in [-0.3, -0.25) is 4.90 Å². The van der Waals surface area contributed by atoms with E-state index in [1.165, 1.54) is 28.6 Å². The first-order chi connectivity index (χ1) is 15.5. The number of hydrogen-bond acceptors (Lipinski definition) is 1. The monoisotopic (exact) mass is 434 g/mol. The van der Waals surface area contributed by atoms with Crippen LogP contribution in [0.2, 0.25) is 0 Å². The lowest BCUT2D eigenvalue weighted by molar-refractivity contribution is -0.137. The van der Waals surface area contributed by atoms with Crippen LogP contribution in [0.1, 0.15) is 22.3 Å². The van der Waals surface area contributed by atoms with Gasteiger partial charge in [-0.15, -0.1) is 0 Å². The summed E-state index contributed by atoms with van der Waals surface area (Å²) in [5, 5.41) is 1.24. The van der Waals surface area contributed by atoms with E-state index in [2.05, 4.69) is 40.3 Å². The minimum absolute atomic E-state index is 0.626. The zero-order valence-corrected chi connectivity index (χ0v) is 17.6. The molecule has 5 heteroatoms. The molecular formula is C27H25F3N2. The zero-order chi connectivity index (χ0) is 22.4. The summed E-state index contributed by atoms with van der Waals surface area (Å²) in [4.78, 5) is 5.67. The molecule has 0 unspecified atom stereocenters. The third kappa shape index (κ3) is 5.68. The molecule has 1 N–H and O–H groups in total. The van der Waals surface area contributed by atoms with Crippen LogP contribution < -0.4 is 0 Å². The number of halogens is 3. The molecule has 3 aromatic carbocycles. The van der Waals surface area contributed by atoms with E-state index in [0.717, 1.165) is 42.7 Å². The van der Waals surface area contributed by atoms with Crippen LogP contribution in [0, 0.1) is 0 Å². The van der Waals surface area contributed by atoms with Gasteiger partial charge in [-0.05, 0) is 41.3 Å². The van der Waals surface area contributed by atoms with Crippen molar-refractivity contribution in [1.29, 1.82) is 0 Å². The number of aromatic amines is 1. The quantitative estimate of drug-likeness (QED) is 0.318. The molecule has 0 bridgehead atoms. The molecule has 0 atom stereocenters. The predicted molar refractivity (Wildman–Crippen MR) is 124 cm³/mol. The molecule has 4 aromatic rings. The molecule has 0 radical (unpaired) electrons. The molecule has 0 saturated carbocycles. The first kappa shape index (κ1) is 21.9. The second-order valence-corrected chi connectivity index (χ2v) is 7.85. The Hall–Kier alpha value is -3.31. The maximum absolute atomic E-state index is 12.8. The first-order valence-electron chi connectivity index (χ1n) is 10.6. The van der Waals surface area contributed by atoms with E-state index in [0.29, 0.717) is 6.54 Å². The average molecular weight is 435 g/mol. The Bertz CT molecular complexity index is 1160. The highest BCUT2D eigenvalue weighted by atomic mass is 19.4. The molecule has 1 heterocycles. The van der Waals surface area contributed by atoms with E-state index >= 15 is 0 Å². The smallest absolute Gasteiger partial charge is 0.361 e. The molecular weight excluding hydrogens is 409 g/mol. The van der Waals surface area contributed by atoms with Gasteiger partial charge in [-0.25, -0.2) is 0 Å². The van der Waals surface area contributed by atoms with Crippen LogP contribution in [0.3, 0.4) is 0 Å². The molecule has 0 saturated heterocycles. The maximum Gasteiger partial charge on any atom is 0.416 e. The molecule has 2 nitrogen and oxygen atoms in total. The Labute approximate surface area is 186 Å². The van der Waals surface area contributed by atoms with Crippen molar-refractivity contribution in [3.05, 3.63) is 113 Å². The highest BCUT2D eigenvalue weighted by molar-refractivity contribution is 5.83. The largest absolute Gasteiger partial charge is 0.416 e. The van der Waals surface area contributed by atoms with Crippen LogP contribution in [0.4, 0.5) is 13.2 Å². The fourth-order valence-electron chi connectivity index (χ4n) is 3.81. The summed E-state index contributed by atoms with van der Waals surface area (Å²) in [5.41, 5.74) is 3.78. The van der Waals surface area contributed by atoms with E-state index in [4.69, 9.17) is 0 Å². The number of hydrogen-bond donors (Lipinski definition) is 1. The SMILES string of the molecule is FC(F)(F)c1ccc(C=CCN(CCc2c[nH]c3ccccc23)Cc2ccccc2)cc1. The summed E-state index contributed by atoms with van der Waals surface area (Å²) in [6.07, 6.45) is 2.57. The third-order valence-corrected chi connectivity index (χ3v) is 5.53. The molecule has 4 rings (SSSR count). The van der Waals surface area contributed by atoms with Gasteiger partial charge in [0.25, 0.3) is 0 Å². The van der Waals surface area contributed by atoms with E-state index in [1.54, 1.807) is 0 Å².